The number of rotatable bonds is 2. The van der Waals surface area contributed by atoms with Gasteiger partial charge < -0.3 is 9.84 Å². The summed E-state index contributed by atoms with van der Waals surface area (Å²) in [5, 5.41) is 9.74. The van der Waals surface area contributed by atoms with Gasteiger partial charge in [0.2, 0.25) is 0 Å². The van der Waals surface area contributed by atoms with Crippen LogP contribution >= 0.6 is 0 Å². The first kappa shape index (κ1) is 9.44. The maximum Gasteiger partial charge on any atom is 0.0695 e. The Morgan fingerprint density at radius 2 is 2.15 bits per heavy atom. The Morgan fingerprint density at radius 3 is 2.69 bits per heavy atom. The van der Waals surface area contributed by atoms with Gasteiger partial charge in [0, 0.05) is 18.7 Å². The fraction of sp³-hybridized carbons (Fsp3) is 1.00. The molecule has 1 aliphatic heterocycles. The van der Waals surface area contributed by atoms with Crippen LogP contribution in [0, 0.1) is 0 Å². The summed E-state index contributed by atoms with van der Waals surface area (Å²) in [4.78, 5) is 2.32. The number of likely N-dealkylation sites (N-methyl/N-ethyl adjacent to an activating group) is 1. The number of nitrogens with zero attached hydrogens (tertiary/aromatic N) is 1. The predicted octanol–water partition coefficient (Wildman–Crippen LogP) is 0.620. The first-order chi connectivity index (χ1) is 6.29. The van der Waals surface area contributed by atoms with E-state index in [1.165, 1.54) is 6.42 Å². The van der Waals surface area contributed by atoms with Gasteiger partial charge in [0.05, 0.1) is 12.7 Å². The third-order valence-corrected chi connectivity index (χ3v) is 3.45. The highest BCUT2D eigenvalue weighted by molar-refractivity contribution is 4.87. The summed E-state index contributed by atoms with van der Waals surface area (Å²) in [6.45, 7) is 1.73. The minimum atomic E-state index is -0.106. The zero-order valence-electron chi connectivity index (χ0n) is 8.28. The summed E-state index contributed by atoms with van der Waals surface area (Å²) in [7, 11) is 2.12. The summed E-state index contributed by atoms with van der Waals surface area (Å²) < 4.78 is 5.35. The fourth-order valence-corrected chi connectivity index (χ4v) is 2.51. The minimum absolute atomic E-state index is 0.106. The Bertz CT molecular complexity index is 168. The van der Waals surface area contributed by atoms with Crippen molar-refractivity contribution in [2.75, 3.05) is 20.3 Å². The highest BCUT2D eigenvalue weighted by Gasteiger charge is 2.33. The monoisotopic (exact) mass is 185 g/mol. The van der Waals surface area contributed by atoms with E-state index in [-0.39, 0.29) is 6.10 Å². The molecule has 0 radical (unpaired) electrons. The molecule has 0 bridgehead atoms. The Hall–Kier alpha value is -0.120. The summed E-state index contributed by atoms with van der Waals surface area (Å²) >= 11 is 0. The van der Waals surface area contributed by atoms with E-state index in [0.29, 0.717) is 12.1 Å². The maximum absolute atomic E-state index is 9.74. The van der Waals surface area contributed by atoms with Crippen LogP contribution in [0.5, 0.6) is 0 Å². The molecule has 2 aliphatic rings. The highest BCUT2D eigenvalue weighted by atomic mass is 16.5. The Morgan fingerprint density at radius 1 is 1.31 bits per heavy atom. The van der Waals surface area contributed by atoms with Gasteiger partial charge in [-0.2, -0.15) is 0 Å². The van der Waals surface area contributed by atoms with Crippen molar-refractivity contribution in [3.63, 3.8) is 0 Å². The van der Waals surface area contributed by atoms with E-state index in [1.54, 1.807) is 0 Å². The largest absolute Gasteiger partial charge is 0.391 e. The third kappa shape index (κ3) is 1.87. The van der Waals surface area contributed by atoms with Gasteiger partial charge in [-0.05, 0) is 32.7 Å². The molecule has 0 amide bonds. The molecular weight excluding hydrogens is 166 g/mol. The average Bonchev–Trinajstić information content (AvgIpc) is 2.72. The van der Waals surface area contributed by atoms with Gasteiger partial charge >= 0.3 is 0 Å². The SMILES string of the molecule is CN(C1CCOC1)[C@@H]1CCC[C@H]1O. The Labute approximate surface area is 79.7 Å². The number of hydrogen-bond acceptors (Lipinski definition) is 3. The van der Waals surface area contributed by atoms with E-state index >= 15 is 0 Å². The lowest BCUT2D eigenvalue weighted by Crippen LogP contribution is -2.44. The van der Waals surface area contributed by atoms with Crippen LogP contribution in [0.1, 0.15) is 25.7 Å². The van der Waals surface area contributed by atoms with Crippen LogP contribution in [0.2, 0.25) is 0 Å². The zero-order valence-corrected chi connectivity index (χ0v) is 8.28. The second kappa shape index (κ2) is 3.95. The lowest BCUT2D eigenvalue weighted by Gasteiger charge is -2.31. The Balaban J connectivity index is 1.91. The second-order valence-electron chi connectivity index (χ2n) is 4.25. The first-order valence-corrected chi connectivity index (χ1v) is 5.27. The fourth-order valence-electron chi connectivity index (χ4n) is 2.51. The molecule has 1 saturated heterocycles. The molecule has 0 spiro atoms. The molecule has 2 rings (SSSR count). The molecule has 3 heteroatoms. The lowest BCUT2D eigenvalue weighted by atomic mass is 10.1. The number of hydrogen-bond donors (Lipinski definition) is 1. The second-order valence-corrected chi connectivity index (χ2v) is 4.25. The topological polar surface area (TPSA) is 32.7 Å². The lowest BCUT2D eigenvalue weighted by molar-refractivity contribution is 0.0559. The van der Waals surface area contributed by atoms with Crippen LogP contribution in [-0.2, 0) is 4.74 Å². The van der Waals surface area contributed by atoms with Crippen molar-refractivity contribution in [1.82, 2.24) is 4.90 Å². The summed E-state index contributed by atoms with van der Waals surface area (Å²) in [5.41, 5.74) is 0. The van der Waals surface area contributed by atoms with E-state index in [4.69, 9.17) is 4.74 Å². The number of aliphatic hydroxyl groups excluding tert-OH is 1. The van der Waals surface area contributed by atoms with Gasteiger partial charge in [0.1, 0.15) is 0 Å². The van der Waals surface area contributed by atoms with Gasteiger partial charge in [-0.25, -0.2) is 0 Å². The van der Waals surface area contributed by atoms with Crippen LogP contribution < -0.4 is 0 Å². The molecule has 1 N–H and O–H groups in total. The van der Waals surface area contributed by atoms with E-state index < -0.39 is 0 Å². The standard InChI is InChI=1S/C10H19NO2/c1-11(8-5-6-13-7-8)9-3-2-4-10(9)12/h8-10,12H,2-7H2,1H3/t8?,9-,10-/m1/s1. The van der Waals surface area contributed by atoms with Crippen molar-refractivity contribution >= 4 is 0 Å². The predicted molar refractivity (Wildman–Crippen MR) is 50.6 cm³/mol. The summed E-state index contributed by atoms with van der Waals surface area (Å²) in [6, 6.07) is 0.921. The molecule has 1 aliphatic carbocycles. The third-order valence-electron chi connectivity index (χ3n) is 3.45. The average molecular weight is 185 g/mol. The molecule has 0 aromatic heterocycles. The van der Waals surface area contributed by atoms with Gasteiger partial charge in [-0.15, -0.1) is 0 Å². The van der Waals surface area contributed by atoms with Crippen LogP contribution in [0.4, 0.5) is 0 Å². The molecule has 13 heavy (non-hydrogen) atoms. The van der Waals surface area contributed by atoms with Crippen molar-refractivity contribution in [3.8, 4) is 0 Å². The van der Waals surface area contributed by atoms with Crippen LogP contribution in [0.3, 0.4) is 0 Å². The van der Waals surface area contributed by atoms with E-state index in [2.05, 4.69) is 11.9 Å². The molecule has 3 nitrogen and oxygen atoms in total. The minimum Gasteiger partial charge on any atom is -0.391 e. The van der Waals surface area contributed by atoms with Crippen LogP contribution in [0.25, 0.3) is 0 Å². The van der Waals surface area contributed by atoms with Gasteiger partial charge in [-0.1, -0.05) is 0 Å². The number of ether oxygens (including phenoxy) is 1. The smallest absolute Gasteiger partial charge is 0.0695 e. The van der Waals surface area contributed by atoms with Crippen molar-refractivity contribution in [3.05, 3.63) is 0 Å². The Kier molecular flexibility index (Phi) is 2.86. The van der Waals surface area contributed by atoms with Crippen LogP contribution in [-0.4, -0.2) is 48.5 Å². The quantitative estimate of drug-likeness (QED) is 0.684. The van der Waals surface area contributed by atoms with Crippen molar-refractivity contribution in [1.29, 1.82) is 0 Å². The van der Waals surface area contributed by atoms with Gasteiger partial charge in [-0.3, -0.25) is 4.90 Å². The molecule has 1 heterocycles. The van der Waals surface area contributed by atoms with Crippen molar-refractivity contribution < 1.29 is 9.84 Å². The molecule has 1 unspecified atom stereocenters. The van der Waals surface area contributed by atoms with Gasteiger partial charge in [0.15, 0.2) is 0 Å². The molecule has 0 aromatic carbocycles. The van der Waals surface area contributed by atoms with E-state index in [1.807, 2.05) is 0 Å². The maximum atomic E-state index is 9.74. The van der Waals surface area contributed by atoms with Crippen LogP contribution in [0.15, 0.2) is 0 Å². The zero-order chi connectivity index (χ0) is 9.26. The van der Waals surface area contributed by atoms with Gasteiger partial charge in [0.25, 0.3) is 0 Å². The molecular formula is C10H19NO2. The first-order valence-electron chi connectivity index (χ1n) is 5.27. The molecule has 2 fully saturated rings. The van der Waals surface area contributed by atoms with E-state index in [9.17, 15) is 5.11 Å². The highest BCUT2D eigenvalue weighted by Crippen LogP contribution is 2.26. The normalized spacial score (nSPS) is 40.4. The molecule has 3 atom stereocenters. The summed E-state index contributed by atoms with van der Waals surface area (Å²) in [6.07, 6.45) is 4.31. The summed E-state index contributed by atoms with van der Waals surface area (Å²) in [5.74, 6) is 0. The van der Waals surface area contributed by atoms with Crippen molar-refractivity contribution in [2.24, 2.45) is 0 Å². The molecule has 1 saturated carbocycles. The molecule has 76 valence electrons. The van der Waals surface area contributed by atoms with E-state index in [0.717, 1.165) is 32.5 Å². The van der Waals surface area contributed by atoms with Crippen molar-refractivity contribution in [2.45, 2.75) is 43.9 Å². The number of aliphatic hydroxyl groups is 1. The molecule has 0 aromatic rings.